The predicted molar refractivity (Wildman–Crippen MR) is 134 cm³/mol. The Bertz CT molecular complexity index is 1200. The van der Waals surface area contributed by atoms with Crippen molar-refractivity contribution in [3.63, 3.8) is 0 Å². The van der Waals surface area contributed by atoms with E-state index in [2.05, 4.69) is 64.1 Å². The number of ketones is 1. The molecule has 0 saturated carbocycles. The molecule has 3 aromatic rings. The molecule has 168 valence electrons. The molecular weight excluding hydrogens is 410 g/mol. The highest BCUT2D eigenvalue weighted by molar-refractivity contribution is 6.01. The maximum absolute atomic E-state index is 13.6. The summed E-state index contributed by atoms with van der Waals surface area (Å²) in [6.45, 7) is 0. The standard InChI is InChI=1S/C28H29N3O2/c1-31(2)21-12-8-19(9-13-21)28-27-25(29-23-6-4-5-7-24(23)30-28)16-20(17-26(27)32)18-10-14-22(33-3)15-11-18/h4-15,20,28-30H,16-17H2,1-3H3. The summed E-state index contributed by atoms with van der Waals surface area (Å²) in [4.78, 5) is 15.7. The van der Waals surface area contributed by atoms with Gasteiger partial charge in [-0.15, -0.1) is 0 Å². The zero-order chi connectivity index (χ0) is 22.9. The van der Waals surface area contributed by atoms with Crippen molar-refractivity contribution in [2.75, 3.05) is 36.7 Å². The number of ether oxygens (including phenoxy) is 1. The minimum atomic E-state index is -0.198. The fourth-order valence-electron chi connectivity index (χ4n) is 4.82. The van der Waals surface area contributed by atoms with E-state index in [1.807, 2.05) is 38.4 Å². The summed E-state index contributed by atoms with van der Waals surface area (Å²) >= 11 is 0. The van der Waals surface area contributed by atoms with Gasteiger partial charge in [-0.05, 0) is 59.9 Å². The van der Waals surface area contributed by atoms with Crippen LogP contribution >= 0.6 is 0 Å². The van der Waals surface area contributed by atoms with Crippen LogP contribution in [0.1, 0.15) is 35.9 Å². The zero-order valence-corrected chi connectivity index (χ0v) is 19.3. The van der Waals surface area contributed by atoms with Crippen LogP contribution in [0.15, 0.2) is 84.1 Å². The van der Waals surface area contributed by atoms with E-state index in [1.165, 1.54) is 0 Å². The summed E-state index contributed by atoms with van der Waals surface area (Å²) in [6.07, 6.45) is 1.28. The van der Waals surface area contributed by atoms with Crippen molar-refractivity contribution in [2.45, 2.75) is 24.8 Å². The third kappa shape index (κ3) is 4.07. The molecule has 0 fully saturated rings. The highest BCUT2D eigenvalue weighted by Crippen LogP contribution is 2.44. The number of carbonyl (C=O) groups excluding carboxylic acids is 1. The Morgan fingerprint density at radius 1 is 0.848 bits per heavy atom. The van der Waals surface area contributed by atoms with Crippen LogP contribution in [-0.4, -0.2) is 27.0 Å². The molecule has 5 heteroatoms. The maximum atomic E-state index is 13.6. The van der Waals surface area contributed by atoms with E-state index < -0.39 is 0 Å². The topological polar surface area (TPSA) is 53.6 Å². The van der Waals surface area contributed by atoms with E-state index in [0.717, 1.165) is 51.6 Å². The van der Waals surface area contributed by atoms with Gasteiger partial charge >= 0.3 is 0 Å². The van der Waals surface area contributed by atoms with E-state index in [4.69, 9.17) is 4.74 Å². The number of hydrogen-bond donors (Lipinski definition) is 2. The summed E-state index contributed by atoms with van der Waals surface area (Å²) in [5.74, 6) is 1.15. The second-order valence-corrected chi connectivity index (χ2v) is 8.93. The summed E-state index contributed by atoms with van der Waals surface area (Å²) < 4.78 is 5.31. The lowest BCUT2D eigenvalue weighted by Gasteiger charge is -2.30. The van der Waals surface area contributed by atoms with Gasteiger partial charge in [0.15, 0.2) is 5.78 Å². The molecule has 1 aliphatic heterocycles. The van der Waals surface area contributed by atoms with E-state index in [0.29, 0.717) is 6.42 Å². The first kappa shape index (κ1) is 21.1. The zero-order valence-electron chi connectivity index (χ0n) is 19.3. The lowest BCUT2D eigenvalue weighted by atomic mass is 9.78. The Morgan fingerprint density at radius 3 is 2.18 bits per heavy atom. The lowest BCUT2D eigenvalue weighted by Crippen LogP contribution is -2.26. The number of Topliss-reactive ketones (excluding diaryl/α,β-unsaturated/α-hetero) is 1. The normalized spacial score (nSPS) is 19.5. The number of nitrogens with one attached hydrogen (secondary N) is 2. The van der Waals surface area contributed by atoms with Gasteiger partial charge in [-0.1, -0.05) is 36.4 Å². The first-order valence-electron chi connectivity index (χ1n) is 11.3. The van der Waals surface area contributed by atoms with Crippen LogP contribution in [-0.2, 0) is 4.79 Å². The molecule has 5 nitrogen and oxygen atoms in total. The largest absolute Gasteiger partial charge is 0.497 e. The Labute approximate surface area is 195 Å². The Kier molecular flexibility index (Phi) is 5.55. The lowest BCUT2D eigenvalue weighted by molar-refractivity contribution is -0.116. The molecule has 33 heavy (non-hydrogen) atoms. The summed E-state index contributed by atoms with van der Waals surface area (Å²) in [5, 5.41) is 7.26. The van der Waals surface area contributed by atoms with Crippen LogP contribution in [0.4, 0.5) is 17.1 Å². The number of para-hydroxylation sites is 2. The van der Waals surface area contributed by atoms with E-state index in [9.17, 15) is 4.79 Å². The first-order chi connectivity index (χ1) is 16.0. The second kappa shape index (κ2) is 8.66. The van der Waals surface area contributed by atoms with Gasteiger partial charge in [-0.3, -0.25) is 4.79 Å². The van der Waals surface area contributed by atoms with E-state index in [1.54, 1.807) is 7.11 Å². The molecule has 0 bridgehead atoms. The van der Waals surface area contributed by atoms with Crippen LogP contribution < -0.4 is 20.3 Å². The highest BCUT2D eigenvalue weighted by atomic mass is 16.5. The van der Waals surface area contributed by atoms with Gasteiger partial charge in [-0.2, -0.15) is 0 Å². The van der Waals surface area contributed by atoms with Gasteiger partial charge in [0, 0.05) is 37.5 Å². The number of anilines is 3. The molecule has 0 aromatic heterocycles. The number of methoxy groups -OCH3 is 1. The Hall–Kier alpha value is -3.73. The third-order valence-electron chi connectivity index (χ3n) is 6.64. The van der Waals surface area contributed by atoms with Crippen LogP contribution in [0.5, 0.6) is 5.75 Å². The number of nitrogens with zero attached hydrogens (tertiary/aromatic N) is 1. The average molecular weight is 440 g/mol. The molecular formula is C28H29N3O2. The van der Waals surface area contributed by atoms with E-state index in [-0.39, 0.29) is 17.7 Å². The van der Waals surface area contributed by atoms with Crippen molar-refractivity contribution >= 4 is 22.8 Å². The summed E-state index contributed by atoms with van der Waals surface area (Å²) in [5.41, 5.74) is 7.23. The molecule has 2 unspecified atom stereocenters. The van der Waals surface area contributed by atoms with Crippen molar-refractivity contribution in [3.05, 3.63) is 95.2 Å². The monoisotopic (exact) mass is 439 g/mol. The van der Waals surface area contributed by atoms with Crippen LogP contribution in [0.2, 0.25) is 0 Å². The number of carbonyl (C=O) groups is 1. The SMILES string of the molecule is COc1ccc(C2CC(=O)C3=C(C2)Nc2ccccc2NC3c2ccc(N(C)C)cc2)cc1. The molecule has 0 spiro atoms. The van der Waals surface area contributed by atoms with Gasteiger partial charge in [-0.25, -0.2) is 0 Å². The summed E-state index contributed by atoms with van der Waals surface area (Å²) in [6, 6.07) is 24.5. The minimum absolute atomic E-state index is 0.136. The molecule has 0 saturated heterocycles. The van der Waals surface area contributed by atoms with Crippen molar-refractivity contribution in [1.29, 1.82) is 0 Å². The predicted octanol–water partition coefficient (Wildman–Crippen LogP) is 5.74. The Morgan fingerprint density at radius 2 is 1.52 bits per heavy atom. The molecule has 2 atom stereocenters. The fraction of sp³-hybridized carbons (Fsp3) is 0.250. The second-order valence-electron chi connectivity index (χ2n) is 8.93. The number of hydrogen-bond acceptors (Lipinski definition) is 5. The third-order valence-corrected chi connectivity index (χ3v) is 6.64. The first-order valence-corrected chi connectivity index (χ1v) is 11.3. The number of rotatable bonds is 4. The van der Waals surface area contributed by atoms with Crippen LogP contribution in [0, 0.1) is 0 Å². The molecule has 1 aliphatic carbocycles. The number of fused-ring (bicyclic) bond motifs is 1. The molecule has 0 amide bonds. The van der Waals surface area contributed by atoms with Crippen LogP contribution in [0.3, 0.4) is 0 Å². The molecule has 1 heterocycles. The van der Waals surface area contributed by atoms with Gasteiger partial charge in [0.05, 0.1) is 24.5 Å². The molecule has 0 radical (unpaired) electrons. The fourth-order valence-corrected chi connectivity index (χ4v) is 4.82. The van der Waals surface area contributed by atoms with Gasteiger partial charge in [0.2, 0.25) is 0 Å². The number of allylic oxidation sites excluding steroid dienone is 1. The summed E-state index contributed by atoms with van der Waals surface area (Å²) in [7, 11) is 5.73. The molecule has 2 aliphatic rings. The quantitative estimate of drug-likeness (QED) is 0.543. The van der Waals surface area contributed by atoms with Crippen LogP contribution in [0.25, 0.3) is 0 Å². The van der Waals surface area contributed by atoms with Gasteiger partial charge in [0.1, 0.15) is 5.75 Å². The van der Waals surface area contributed by atoms with Crippen molar-refractivity contribution in [1.82, 2.24) is 0 Å². The average Bonchev–Trinajstić information content (AvgIpc) is 3.01. The highest BCUT2D eigenvalue weighted by Gasteiger charge is 2.36. The Balaban J connectivity index is 1.55. The maximum Gasteiger partial charge on any atom is 0.163 e. The molecule has 3 aromatic carbocycles. The minimum Gasteiger partial charge on any atom is -0.497 e. The van der Waals surface area contributed by atoms with Crippen molar-refractivity contribution in [2.24, 2.45) is 0 Å². The number of benzene rings is 3. The van der Waals surface area contributed by atoms with E-state index >= 15 is 0 Å². The van der Waals surface area contributed by atoms with Crippen molar-refractivity contribution in [3.8, 4) is 5.75 Å². The van der Waals surface area contributed by atoms with Crippen molar-refractivity contribution < 1.29 is 9.53 Å². The van der Waals surface area contributed by atoms with Gasteiger partial charge in [0.25, 0.3) is 0 Å². The molecule has 2 N–H and O–H groups in total. The smallest absolute Gasteiger partial charge is 0.163 e. The molecule has 5 rings (SSSR count). The van der Waals surface area contributed by atoms with Gasteiger partial charge < -0.3 is 20.3 Å².